The number of rotatable bonds is 3. The monoisotopic (exact) mass is 229 g/mol. The third kappa shape index (κ3) is 2.39. The Morgan fingerprint density at radius 2 is 1.94 bits per heavy atom. The van der Waals surface area contributed by atoms with E-state index < -0.39 is 0 Å². The molecule has 90 valence electrons. The van der Waals surface area contributed by atoms with Gasteiger partial charge >= 0.3 is 0 Å². The molecule has 0 unspecified atom stereocenters. The Morgan fingerprint density at radius 3 is 2.59 bits per heavy atom. The Bertz CT molecular complexity index is 526. The minimum Gasteiger partial charge on any atom is -0.329 e. The van der Waals surface area contributed by atoms with Crippen molar-refractivity contribution in [3.8, 4) is 11.3 Å². The van der Waals surface area contributed by atoms with E-state index in [1.54, 1.807) is 0 Å². The molecule has 1 heterocycles. The Balaban J connectivity index is 2.51. The van der Waals surface area contributed by atoms with Gasteiger partial charge in [-0.1, -0.05) is 23.8 Å². The Labute approximate surface area is 102 Å². The van der Waals surface area contributed by atoms with Gasteiger partial charge in [-0.15, -0.1) is 0 Å². The minimum absolute atomic E-state index is 0.610. The van der Waals surface area contributed by atoms with Gasteiger partial charge in [0.1, 0.15) is 0 Å². The lowest BCUT2D eigenvalue weighted by molar-refractivity contribution is 0.626. The van der Waals surface area contributed by atoms with Crippen LogP contribution in [0.3, 0.4) is 0 Å². The highest BCUT2D eigenvalue weighted by molar-refractivity contribution is 5.64. The maximum absolute atomic E-state index is 5.62. The highest BCUT2D eigenvalue weighted by Gasteiger charge is 2.09. The van der Waals surface area contributed by atoms with E-state index in [4.69, 9.17) is 5.73 Å². The van der Waals surface area contributed by atoms with E-state index in [-0.39, 0.29) is 0 Å². The van der Waals surface area contributed by atoms with Crippen LogP contribution in [0, 0.1) is 20.8 Å². The Hall–Kier alpha value is -1.61. The van der Waals surface area contributed by atoms with Crippen LogP contribution in [0.5, 0.6) is 0 Å². The zero-order chi connectivity index (χ0) is 12.4. The first kappa shape index (κ1) is 11.9. The molecule has 0 atom stereocenters. The summed E-state index contributed by atoms with van der Waals surface area (Å²) in [7, 11) is 0. The molecule has 0 aliphatic heterocycles. The zero-order valence-corrected chi connectivity index (χ0v) is 10.7. The first-order chi connectivity index (χ1) is 8.11. The molecular formula is C14H19N3. The van der Waals surface area contributed by atoms with E-state index in [0.29, 0.717) is 6.54 Å². The fourth-order valence-electron chi connectivity index (χ4n) is 2.16. The van der Waals surface area contributed by atoms with Crippen molar-refractivity contribution in [1.29, 1.82) is 0 Å². The third-order valence-corrected chi connectivity index (χ3v) is 2.90. The topological polar surface area (TPSA) is 43.8 Å². The molecule has 0 radical (unpaired) electrons. The van der Waals surface area contributed by atoms with Gasteiger partial charge in [-0.2, -0.15) is 5.10 Å². The average Bonchev–Trinajstić information content (AvgIpc) is 2.60. The molecule has 0 amide bonds. The van der Waals surface area contributed by atoms with Crippen molar-refractivity contribution in [1.82, 2.24) is 9.78 Å². The van der Waals surface area contributed by atoms with Crippen molar-refractivity contribution in [2.45, 2.75) is 27.3 Å². The maximum Gasteiger partial charge on any atom is 0.0688 e. The van der Waals surface area contributed by atoms with Crippen molar-refractivity contribution in [2.24, 2.45) is 5.73 Å². The predicted molar refractivity (Wildman–Crippen MR) is 70.9 cm³/mol. The molecule has 2 aromatic rings. The lowest BCUT2D eigenvalue weighted by Gasteiger charge is -2.09. The number of nitrogens with zero attached hydrogens (tertiary/aromatic N) is 2. The van der Waals surface area contributed by atoms with Gasteiger partial charge in [0.25, 0.3) is 0 Å². The van der Waals surface area contributed by atoms with Gasteiger partial charge in [0, 0.05) is 12.1 Å². The highest BCUT2D eigenvalue weighted by atomic mass is 15.3. The Morgan fingerprint density at radius 1 is 1.18 bits per heavy atom. The second-order valence-corrected chi connectivity index (χ2v) is 4.50. The van der Waals surface area contributed by atoms with Crippen molar-refractivity contribution in [2.75, 3.05) is 6.54 Å². The summed E-state index contributed by atoms with van der Waals surface area (Å²) in [4.78, 5) is 0. The molecule has 0 saturated heterocycles. The van der Waals surface area contributed by atoms with E-state index in [0.717, 1.165) is 17.9 Å². The summed E-state index contributed by atoms with van der Waals surface area (Å²) in [6, 6.07) is 8.61. The summed E-state index contributed by atoms with van der Waals surface area (Å²) in [5.74, 6) is 0. The molecule has 0 spiro atoms. The van der Waals surface area contributed by atoms with E-state index >= 15 is 0 Å². The fraction of sp³-hybridized carbons (Fsp3) is 0.357. The standard InChI is InChI=1S/C14H19N3/c1-10-4-5-13(11(2)8-10)14-9-12(3)16-17(14)7-6-15/h4-5,8-9H,6-7,15H2,1-3H3. The van der Waals surface area contributed by atoms with Crippen LogP contribution in [0.25, 0.3) is 11.3 Å². The number of nitrogens with two attached hydrogens (primary N) is 1. The molecule has 0 aliphatic carbocycles. The first-order valence-corrected chi connectivity index (χ1v) is 5.94. The van der Waals surface area contributed by atoms with Gasteiger partial charge < -0.3 is 5.73 Å². The summed E-state index contributed by atoms with van der Waals surface area (Å²) >= 11 is 0. The van der Waals surface area contributed by atoms with Crippen LogP contribution in [0.2, 0.25) is 0 Å². The van der Waals surface area contributed by atoms with Crippen LogP contribution in [-0.2, 0) is 6.54 Å². The van der Waals surface area contributed by atoms with Gasteiger partial charge in [0.2, 0.25) is 0 Å². The number of aromatic nitrogens is 2. The van der Waals surface area contributed by atoms with Crippen molar-refractivity contribution < 1.29 is 0 Å². The quantitative estimate of drug-likeness (QED) is 0.878. The molecule has 3 nitrogen and oxygen atoms in total. The van der Waals surface area contributed by atoms with Gasteiger partial charge in [-0.05, 0) is 32.4 Å². The second-order valence-electron chi connectivity index (χ2n) is 4.50. The van der Waals surface area contributed by atoms with Gasteiger partial charge in [-0.25, -0.2) is 0 Å². The summed E-state index contributed by atoms with van der Waals surface area (Å²) in [6.45, 7) is 7.63. The lowest BCUT2D eigenvalue weighted by atomic mass is 10.0. The molecule has 0 fully saturated rings. The van der Waals surface area contributed by atoms with Crippen LogP contribution >= 0.6 is 0 Å². The maximum atomic E-state index is 5.62. The van der Waals surface area contributed by atoms with Crippen LogP contribution in [0.4, 0.5) is 0 Å². The lowest BCUT2D eigenvalue weighted by Crippen LogP contribution is -2.12. The van der Waals surface area contributed by atoms with E-state index in [2.05, 4.69) is 43.2 Å². The minimum atomic E-state index is 0.610. The number of aryl methyl sites for hydroxylation is 3. The first-order valence-electron chi connectivity index (χ1n) is 5.94. The SMILES string of the molecule is Cc1ccc(-c2cc(C)nn2CCN)c(C)c1. The van der Waals surface area contributed by atoms with Gasteiger partial charge in [0.15, 0.2) is 0 Å². The molecule has 3 heteroatoms. The molecular weight excluding hydrogens is 210 g/mol. The van der Waals surface area contributed by atoms with Crippen molar-refractivity contribution >= 4 is 0 Å². The normalized spacial score (nSPS) is 10.8. The summed E-state index contributed by atoms with van der Waals surface area (Å²) in [6.07, 6.45) is 0. The molecule has 0 aliphatic rings. The summed E-state index contributed by atoms with van der Waals surface area (Å²) in [5.41, 5.74) is 11.6. The Kier molecular flexibility index (Phi) is 3.29. The van der Waals surface area contributed by atoms with E-state index in [9.17, 15) is 0 Å². The van der Waals surface area contributed by atoms with Crippen LogP contribution in [-0.4, -0.2) is 16.3 Å². The average molecular weight is 229 g/mol. The predicted octanol–water partition coefficient (Wildman–Crippen LogP) is 2.43. The van der Waals surface area contributed by atoms with E-state index in [1.807, 2.05) is 11.6 Å². The smallest absolute Gasteiger partial charge is 0.0688 e. The summed E-state index contributed by atoms with van der Waals surface area (Å²) in [5, 5.41) is 4.48. The molecule has 1 aromatic heterocycles. The van der Waals surface area contributed by atoms with E-state index in [1.165, 1.54) is 16.7 Å². The fourth-order valence-corrected chi connectivity index (χ4v) is 2.16. The summed E-state index contributed by atoms with van der Waals surface area (Å²) < 4.78 is 1.99. The van der Waals surface area contributed by atoms with Crippen molar-refractivity contribution in [3.05, 3.63) is 41.1 Å². The molecule has 2 rings (SSSR count). The zero-order valence-electron chi connectivity index (χ0n) is 10.7. The van der Waals surface area contributed by atoms with Gasteiger partial charge in [0.05, 0.1) is 17.9 Å². The molecule has 1 aromatic carbocycles. The second kappa shape index (κ2) is 4.72. The van der Waals surface area contributed by atoms with Gasteiger partial charge in [-0.3, -0.25) is 4.68 Å². The molecule has 2 N–H and O–H groups in total. The molecule has 0 saturated carbocycles. The number of hydrogen-bond acceptors (Lipinski definition) is 2. The third-order valence-electron chi connectivity index (χ3n) is 2.90. The molecule has 0 bridgehead atoms. The van der Waals surface area contributed by atoms with Crippen LogP contribution in [0.1, 0.15) is 16.8 Å². The molecule has 17 heavy (non-hydrogen) atoms. The number of hydrogen-bond donors (Lipinski definition) is 1. The van der Waals surface area contributed by atoms with Crippen LogP contribution in [0.15, 0.2) is 24.3 Å². The number of benzene rings is 1. The highest BCUT2D eigenvalue weighted by Crippen LogP contribution is 2.24. The van der Waals surface area contributed by atoms with Crippen LogP contribution < -0.4 is 5.73 Å². The largest absolute Gasteiger partial charge is 0.329 e. The van der Waals surface area contributed by atoms with Crippen molar-refractivity contribution in [3.63, 3.8) is 0 Å².